The molecule has 0 aliphatic heterocycles. The van der Waals surface area contributed by atoms with Crippen LogP contribution >= 0.6 is 11.6 Å². The Balaban J connectivity index is 2.29. The van der Waals surface area contributed by atoms with Crippen LogP contribution in [0.15, 0.2) is 30.5 Å². The largest absolute Gasteiger partial charge is 0.387 e. The molecule has 1 aromatic heterocycles. The Morgan fingerprint density at radius 1 is 1.39 bits per heavy atom. The molecule has 2 rings (SSSR count). The summed E-state index contributed by atoms with van der Waals surface area (Å²) >= 11 is 5.91. The van der Waals surface area contributed by atoms with Crippen molar-refractivity contribution in [2.24, 2.45) is 7.05 Å². The highest BCUT2D eigenvalue weighted by atomic mass is 35.5. The topological polar surface area (TPSA) is 59.0 Å². The van der Waals surface area contributed by atoms with Crippen LogP contribution in [-0.2, 0) is 7.05 Å². The quantitative estimate of drug-likeness (QED) is 0.895. The van der Waals surface area contributed by atoms with E-state index < -0.39 is 0 Å². The summed E-state index contributed by atoms with van der Waals surface area (Å²) in [7, 11) is 3.51. The molecule has 0 fully saturated rings. The molecule has 2 N–H and O–H groups in total. The minimum atomic E-state index is -0.231. The van der Waals surface area contributed by atoms with Gasteiger partial charge in [-0.3, -0.25) is 9.48 Å². The Bertz CT molecular complexity index is 579. The second-order valence-corrected chi connectivity index (χ2v) is 4.17. The maximum atomic E-state index is 12.1. The fourth-order valence-electron chi connectivity index (χ4n) is 1.60. The molecule has 6 heteroatoms. The maximum Gasteiger partial charge on any atom is 0.258 e. The number of nitrogens with zero attached hydrogens (tertiary/aromatic N) is 2. The van der Waals surface area contributed by atoms with E-state index in [-0.39, 0.29) is 5.91 Å². The van der Waals surface area contributed by atoms with Gasteiger partial charge in [-0.15, -0.1) is 0 Å². The number of carbonyl (C=O) groups is 1. The van der Waals surface area contributed by atoms with E-state index in [0.717, 1.165) is 5.69 Å². The average molecular weight is 265 g/mol. The summed E-state index contributed by atoms with van der Waals surface area (Å²) in [5.41, 5.74) is 1.21. The molecular weight excluding hydrogens is 252 g/mol. The number of benzene rings is 1. The molecule has 0 radical (unpaired) electrons. The summed E-state index contributed by atoms with van der Waals surface area (Å²) < 4.78 is 1.58. The van der Waals surface area contributed by atoms with Crippen molar-refractivity contribution in [1.29, 1.82) is 0 Å². The van der Waals surface area contributed by atoms with E-state index in [9.17, 15) is 4.79 Å². The Hall–Kier alpha value is -2.01. The van der Waals surface area contributed by atoms with Crippen LogP contribution in [-0.4, -0.2) is 22.7 Å². The number of nitrogens with one attached hydrogen (secondary N) is 2. The molecule has 1 heterocycles. The zero-order chi connectivity index (χ0) is 13.1. The third kappa shape index (κ3) is 2.46. The number of hydrogen-bond acceptors (Lipinski definition) is 3. The lowest BCUT2D eigenvalue weighted by Crippen LogP contribution is -2.16. The van der Waals surface area contributed by atoms with Gasteiger partial charge in [-0.25, -0.2) is 0 Å². The minimum absolute atomic E-state index is 0.231. The lowest BCUT2D eigenvalue weighted by atomic mass is 10.1. The average Bonchev–Trinajstić information content (AvgIpc) is 2.75. The van der Waals surface area contributed by atoms with Crippen molar-refractivity contribution in [3.05, 3.63) is 41.0 Å². The Morgan fingerprint density at radius 3 is 2.78 bits per heavy atom. The standard InChI is InChI=1S/C12H13ClN4O/c1-14-10-4-3-8(13)7-9(10)12(18)16-11-5-6-15-17(11)2/h3-7,14H,1-2H3,(H,16,18). The van der Waals surface area contributed by atoms with Gasteiger partial charge in [-0.1, -0.05) is 11.6 Å². The molecule has 0 atom stereocenters. The molecule has 0 saturated heterocycles. The number of anilines is 2. The van der Waals surface area contributed by atoms with Gasteiger partial charge in [0.1, 0.15) is 5.82 Å². The lowest BCUT2D eigenvalue weighted by Gasteiger charge is -2.10. The van der Waals surface area contributed by atoms with Crippen LogP contribution in [0.1, 0.15) is 10.4 Å². The molecule has 18 heavy (non-hydrogen) atoms. The molecule has 0 aliphatic rings. The van der Waals surface area contributed by atoms with E-state index in [4.69, 9.17) is 11.6 Å². The first-order valence-electron chi connectivity index (χ1n) is 5.38. The van der Waals surface area contributed by atoms with E-state index in [2.05, 4.69) is 15.7 Å². The van der Waals surface area contributed by atoms with Gasteiger partial charge in [0, 0.05) is 30.9 Å². The summed E-state index contributed by atoms with van der Waals surface area (Å²) in [4.78, 5) is 12.1. The molecule has 94 valence electrons. The summed E-state index contributed by atoms with van der Waals surface area (Å²) in [6, 6.07) is 6.84. The molecular formula is C12H13ClN4O. The molecule has 0 aliphatic carbocycles. The molecule has 0 spiro atoms. The van der Waals surface area contributed by atoms with Crippen LogP contribution in [0.5, 0.6) is 0 Å². The van der Waals surface area contributed by atoms with Gasteiger partial charge in [-0.2, -0.15) is 5.10 Å². The van der Waals surface area contributed by atoms with Gasteiger partial charge >= 0.3 is 0 Å². The first kappa shape index (κ1) is 12.4. The Labute approximate surface area is 110 Å². The van der Waals surface area contributed by atoms with Gasteiger partial charge < -0.3 is 10.6 Å². The van der Waals surface area contributed by atoms with Gasteiger partial charge in [0.15, 0.2) is 0 Å². The monoisotopic (exact) mass is 264 g/mol. The second kappa shape index (κ2) is 5.10. The predicted molar refractivity (Wildman–Crippen MR) is 72.2 cm³/mol. The Morgan fingerprint density at radius 2 is 2.17 bits per heavy atom. The van der Waals surface area contributed by atoms with Crippen LogP contribution < -0.4 is 10.6 Å². The van der Waals surface area contributed by atoms with Crippen molar-refractivity contribution in [2.45, 2.75) is 0 Å². The maximum absolute atomic E-state index is 12.1. The van der Waals surface area contributed by atoms with Crippen LogP contribution in [0.25, 0.3) is 0 Å². The van der Waals surface area contributed by atoms with Crippen molar-refractivity contribution in [2.75, 3.05) is 17.7 Å². The molecule has 0 bridgehead atoms. The highest BCUT2D eigenvalue weighted by molar-refractivity contribution is 6.31. The minimum Gasteiger partial charge on any atom is -0.387 e. The fourth-order valence-corrected chi connectivity index (χ4v) is 1.77. The zero-order valence-electron chi connectivity index (χ0n) is 10.1. The smallest absolute Gasteiger partial charge is 0.258 e. The van der Waals surface area contributed by atoms with Gasteiger partial charge in [0.25, 0.3) is 5.91 Å². The number of aromatic nitrogens is 2. The first-order chi connectivity index (χ1) is 8.61. The van der Waals surface area contributed by atoms with Crippen molar-refractivity contribution < 1.29 is 4.79 Å². The summed E-state index contributed by atoms with van der Waals surface area (Å²) in [6.45, 7) is 0. The van der Waals surface area contributed by atoms with Crippen LogP contribution in [0.4, 0.5) is 11.5 Å². The van der Waals surface area contributed by atoms with E-state index >= 15 is 0 Å². The third-order valence-electron chi connectivity index (χ3n) is 2.56. The van der Waals surface area contributed by atoms with Crippen LogP contribution in [0.2, 0.25) is 5.02 Å². The van der Waals surface area contributed by atoms with E-state index in [1.165, 1.54) is 0 Å². The molecule has 5 nitrogen and oxygen atoms in total. The van der Waals surface area contributed by atoms with Crippen LogP contribution in [0, 0.1) is 0 Å². The lowest BCUT2D eigenvalue weighted by molar-refractivity contribution is 0.102. The van der Waals surface area contributed by atoms with E-state index in [0.29, 0.717) is 16.4 Å². The number of halogens is 1. The molecule has 0 saturated carbocycles. The van der Waals surface area contributed by atoms with Gasteiger partial charge in [0.05, 0.1) is 11.8 Å². The second-order valence-electron chi connectivity index (χ2n) is 3.73. The summed E-state index contributed by atoms with van der Waals surface area (Å²) in [6.07, 6.45) is 1.62. The number of aryl methyl sites for hydroxylation is 1. The molecule has 1 aromatic carbocycles. The highest BCUT2D eigenvalue weighted by Gasteiger charge is 2.12. The normalized spacial score (nSPS) is 10.2. The van der Waals surface area contributed by atoms with Crippen LogP contribution in [0.3, 0.4) is 0 Å². The van der Waals surface area contributed by atoms with E-state index in [1.54, 1.807) is 49.2 Å². The first-order valence-corrected chi connectivity index (χ1v) is 5.76. The summed E-state index contributed by atoms with van der Waals surface area (Å²) in [5, 5.41) is 10.2. The van der Waals surface area contributed by atoms with Crippen molar-refractivity contribution in [3.63, 3.8) is 0 Å². The van der Waals surface area contributed by atoms with Crippen molar-refractivity contribution >= 4 is 29.0 Å². The molecule has 2 aromatic rings. The molecule has 1 amide bonds. The number of amides is 1. The number of hydrogen-bond donors (Lipinski definition) is 2. The third-order valence-corrected chi connectivity index (χ3v) is 2.79. The number of carbonyl (C=O) groups excluding carboxylic acids is 1. The number of rotatable bonds is 3. The molecule has 0 unspecified atom stereocenters. The van der Waals surface area contributed by atoms with Gasteiger partial charge in [-0.05, 0) is 18.2 Å². The van der Waals surface area contributed by atoms with Crippen molar-refractivity contribution in [1.82, 2.24) is 9.78 Å². The zero-order valence-corrected chi connectivity index (χ0v) is 10.8. The van der Waals surface area contributed by atoms with Crippen molar-refractivity contribution in [3.8, 4) is 0 Å². The summed E-state index contributed by atoms with van der Waals surface area (Å²) in [5.74, 6) is 0.396. The fraction of sp³-hybridized carbons (Fsp3) is 0.167. The van der Waals surface area contributed by atoms with Gasteiger partial charge in [0.2, 0.25) is 0 Å². The van der Waals surface area contributed by atoms with E-state index in [1.807, 2.05) is 0 Å². The highest BCUT2D eigenvalue weighted by Crippen LogP contribution is 2.21. The Kier molecular flexibility index (Phi) is 3.53. The predicted octanol–water partition coefficient (Wildman–Crippen LogP) is 2.37. The SMILES string of the molecule is CNc1ccc(Cl)cc1C(=O)Nc1ccnn1C.